The van der Waals surface area contributed by atoms with Gasteiger partial charge in [-0.1, -0.05) is 6.92 Å². The number of imidazole rings is 1. The highest BCUT2D eigenvalue weighted by Gasteiger charge is 2.49. The lowest BCUT2D eigenvalue weighted by Crippen LogP contribution is -2.36. The number of ether oxygens (including phenoxy) is 1. The van der Waals surface area contributed by atoms with E-state index in [0.717, 1.165) is 0 Å². The van der Waals surface area contributed by atoms with E-state index < -0.39 is 78.2 Å². The van der Waals surface area contributed by atoms with Gasteiger partial charge in [0.1, 0.15) is 12.2 Å². The number of nitrogens with zero attached hydrogens (tertiary/aromatic N) is 3. The highest BCUT2D eigenvalue weighted by molar-refractivity contribution is 5.71. The van der Waals surface area contributed by atoms with Gasteiger partial charge < -0.3 is 20.7 Å². The van der Waals surface area contributed by atoms with Gasteiger partial charge in [0.15, 0.2) is 23.6 Å². The number of aryl methyl sites for hydroxylation is 1. The van der Waals surface area contributed by atoms with Crippen LogP contribution in [-0.4, -0.2) is 60.0 Å². The van der Waals surface area contributed by atoms with Crippen LogP contribution in [0.5, 0.6) is 0 Å². The van der Waals surface area contributed by atoms with Gasteiger partial charge in [-0.15, -0.1) is 0 Å². The average Bonchev–Trinajstić information content (AvgIpc) is 3.06. The molecule has 1 aliphatic heterocycles. The third-order valence-corrected chi connectivity index (χ3v) is 4.73. The Kier molecular flexibility index (Phi) is 5.44. The van der Waals surface area contributed by atoms with Gasteiger partial charge in [-0.25, -0.2) is 13.8 Å². The Balaban J connectivity index is 2.17. The first-order chi connectivity index (χ1) is 13.5. The summed E-state index contributed by atoms with van der Waals surface area (Å²) in [6.45, 7) is 0.626. The van der Waals surface area contributed by atoms with Crippen molar-refractivity contribution in [3.63, 3.8) is 0 Å². The zero-order valence-electron chi connectivity index (χ0n) is 15.1. The highest BCUT2D eigenvalue weighted by Crippen LogP contribution is 2.34. The fourth-order valence-corrected chi connectivity index (χ4v) is 3.29. The van der Waals surface area contributed by atoms with E-state index in [1.807, 2.05) is 0 Å². The van der Waals surface area contributed by atoms with Crippen molar-refractivity contribution >= 4 is 17.1 Å². The van der Waals surface area contributed by atoms with Crippen molar-refractivity contribution in [2.24, 2.45) is 0 Å². The molecule has 0 spiro atoms. The third-order valence-electron chi connectivity index (χ3n) is 4.73. The van der Waals surface area contributed by atoms with Crippen molar-refractivity contribution in [3.05, 3.63) is 20.8 Å². The molecule has 0 amide bonds. The molecular formula is C15H19F4N5O5. The van der Waals surface area contributed by atoms with Crippen LogP contribution in [0.25, 0.3) is 11.2 Å². The molecule has 0 radical (unpaired) electrons. The van der Waals surface area contributed by atoms with Gasteiger partial charge in [-0.2, -0.15) is 18.2 Å². The standard InChI is InChI=1S/C15H19F4N5O5/c1-2-5(25)9-6(16)8(26)12(29-9)24-10-7(11(27)22-13(20)21-10)23(14(24)28)4-3-15(17,18)19/h5-6,8-9,12,25-26H,2-4H2,1H3,(H3,20,21,22,27)/t5-,6+,8+,9+,12+/m0/s1. The number of hydrogen-bond acceptors (Lipinski definition) is 7. The lowest BCUT2D eigenvalue weighted by atomic mass is 10.1. The maximum atomic E-state index is 14.4. The van der Waals surface area contributed by atoms with E-state index in [4.69, 9.17) is 10.5 Å². The van der Waals surface area contributed by atoms with Gasteiger partial charge in [-0.05, 0) is 6.42 Å². The van der Waals surface area contributed by atoms with Crippen molar-refractivity contribution in [3.8, 4) is 0 Å². The molecule has 0 unspecified atom stereocenters. The number of aromatic nitrogens is 4. The minimum Gasteiger partial charge on any atom is -0.390 e. The van der Waals surface area contributed by atoms with Crippen LogP contribution in [-0.2, 0) is 11.3 Å². The number of alkyl halides is 4. The molecule has 5 N–H and O–H groups in total. The van der Waals surface area contributed by atoms with Crippen LogP contribution in [0.15, 0.2) is 9.59 Å². The smallest absolute Gasteiger partial charge is 0.390 e. The van der Waals surface area contributed by atoms with Crippen molar-refractivity contribution in [1.82, 2.24) is 19.1 Å². The second kappa shape index (κ2) is 7.42. The van der Waals surface area contributed by atoms with Crippen LogP contribution >= 0.6 is 0 Å². The summed E-state index contributed by atoms with van der Waals surface area (Å²) in [4.78, 5) is 30.9. The van der Waals surface area contributed by atoms with E-state index in [1.54, 1.807) is 0 Å². The second-order valence-corrected chi connectivity index (χ2v) is 6.69. The Morgan fingerprint density at radius 1 is 1.38 bits per heavy atom. The van der Waals surface area contributed by atoms with Crippen LogP contribution in [0.2, 0.25) is 0 Å². The van der Waals surface area contributed by atoms with Gasteiger partial charge in [0.2, 0.25) is 5.95 Å². The van der Waals surface area contributed by atoms with Crippen LogP contribution in [0.4, 0.5) is 23.5 Å². The van der Waals surface area contributed by atoms with Gasteiger partial charge >= 0.3 is 11.9 Å². The molecule has 5 atom stereocenters. The molecule has 2 aromatic heterocycles. The van der Waals surface area contributed by atoms with E-state index in [1.165, 1.54) is 6.92 Å². The number of aliphatic hydroxyl groups excluding tert-OH is 2. The quantitative estimate of drug-likeness (QED) is 0.485. The Hall–Kier alpha value is -2.45. The van der Waals surface area contributed by atoms with Crippen LogP contribution < -0.4 is 17.0 Å². The summed E-state index contributed by atoms with van der Waals surface area (Å²) in [7, 11) is 0. The maximum Gasteiger partial charge on any atom is 0.390 e. The molecule has 1 aliphatic rings. The van der Waals surface area contributed by atoms with E-state index >= 15 is 0 Å². The molecule has 0 aliphatic carbocycles. The van der Waals surface area contributed by atoms with Crippen molar-refractivity contribution < 1.29 is 32.5 Å². The first-order valence-corrected chi connectivity index (χ1v) is 8.69. The first-order valence-electron chi connectivity index (χ1n) is 8.69. The Bertz CT molecular complexity index is 1020. The number of aliphatic hydroxyl groups is 2. The third kappa shape index (κ3) is 3.74. The van der Waals surface area contributed by atoms with Crippen molar-refractivity contribution in [1.29, 1.82) is 0 Å². The number of fused-ring (bicyclic) bond motifs is 1. The lowest BCUT2D eigenvalue weighted by Gasteiger charge is -2.18. The first kappa shape index (κ1) is 21.3. The summed E-state index contributed by atoms with van der Waals surface area (Å²) >= 11 is 0. The fourth-order valence-electron chi connectivity index (χ4n) is 3.29. The van der Waals surface area contributed by atoms with Gasteiger partial charge in [0.25, 0.3) is 5.56 Å². The molecule has 0 saturated carbocycles. The highest BCUT2D eigenvalue weighted by atomic mass is 19.4. The number of halogens is 4. The summed E-state index contributed by atoms with van der Waals surface area (Å²) < 4.78 is 58.8. The minimum atomic E-state index is -4.62. The molecule has 162 valence electrons. The fraction of sp³-hybridized carbons (Fsp3) is 0.667. The van der Waals surface area contributed by atoms with Gasteiger partial charge in [-0.3, -0.25) is 14.3 Å². The van der Waals surface area contributed by atoms with Crippen molar-refractivity contribution in [2.75, 3.05) is 5.73 Å². The zero-order valence-corrected chi connectivity index (χ0v) is 15.1. The Morgan fingerprint density at radius 3 is 2.62 bits per heavy atom. The molecule has 0 bridgehead atoms. The summed E-state index contributed by atoms with van der Waals surface area (Å²) in [6, 6.07) is 0. The molecule has 1 fully saturated rings. The molecule has 3 heterocycles. The number of anilines is 1. The number of rotatable bonds is 5. The van der Waals surface area contributed by atoms with E-state index in [0.29, 0.717) is 9.13 Å². The van der Waals surface area contributed by atoms with E-state index in [-0.39, 0.29) is 6.42 Å². The normalized spacial score (nSPS) is 26.3. The predicted octanol–water partition coefficient (Wildman–Crippen LogP) is -0.212. The van der Waals surface area contributed by atoms with Gasteiger partial charge in [0.05, 0.1) is 12.5 Å². The minimum absolute atomic E-state index is 0.0810. The van der Waals surface area contributed by atoms with E-state index in [9.17, 15) is 37.4 Å². The molecule has 29 heavy (non-hydrogen) atoms. The SMILES string of the molecule is CC[C@H](O)[C@H]1O[C@@H](n2c(=O)n(CCC(F)(F)F)c3c(=O)[nH]c(N)nc32)[C@H](O)[C@H]1F. The van der Waals surface area contributed by atoms with Crippen molar-refractivity contribution in [2.45, 2.75) is 63.2 Å². The number of nitrogen functional groups attached to an aromatic ring is 1. The van der Waals surface area contributed by atoms with Gasteiger partial charge in [0, 0.05) is 6.54 Å². The molecule has 14 heteroatoms. The lowest BCUT2D eigenvalue weighted by molar-refractivity contribution is -0.136. The zero-order chi connectivity index (χ0) is 21.7. The van der Waals surface area contributed by atoms with Crippen LogP contribution in [0, 0.1) is 0 Å². The average molecular weight is 425 g/mol. The summed E-state index contributed by atoms with van der Waals surface area (Å²) in [5.74, 6) is -0.446. The topological polar surface area (TPSA) is 148 Å². The molecule has 3 rings (SSSR count). The maximum absolute atomic E-state index is 14.4. The number of nitrogens with one attached hydrogen (secondary N) is 1. The van der Waals surface area contributed by atoms with Crippen LogP contribution in [0.1, 0.15) is 26.0 Å². The second-order valence-electron chi connectivity index (χ2n) is 6.69. The Morgan fingerprint density at radius 2 is 2.03 bits per heavy atom. The summed E-state index contributed by atoms with van der Waals surface area (Å²) in [6.07, 6.45) is -14.5. The predicted molar refractivity (Wildman–Crippen MR) is 90.8 cm³/mol. The molecule has 2 aromatic rings. The summed E-state index contributed by atoms with van der Waals surface area (Å²) in [5.41, 5.74) is 2.31. The Labute approximate surface area is 159 Å². The monoisotopic (exact) mass is 425 g/mol. The number of hydrogen-bond donors (Lipinski definition) is 4. The molecular weight excluding hydrogens is 406 g/mol. The molecule has 0 aromatic carbocycles. The number of aromatic amines is 1. The summed E-state index contributed by atoms with van der Waals surface area (Å²) in [5, 5.41) is 20.1. The number of H-pyrrole nitrogens is 1. The molecule has 1 saturated heterocycles. The largest absolute Gasteiger partial charge is 0.390 e. The van der Waals surface area contributed by atoms with Crippen LogP contribution in [0.3, 0.4) is 0 Å². The number of nitrogens with two attached hydrogens (primary N) is 1. The van der Waals surface area contributed by atoms with E-state index in [2.05, 4.69) is 9.97 Å². The molecule has 10 nitrogen and oxygen atoms in total.